The number of hydrogen-bond acceptors (Lipinski definition) is 5. The fraction of sp³-hybridized carbons (Fsp3) is 0.130. The molecule has 0 spiro atoms. The van der Waals surface area contributed by atoms with Crippen LogP contribution in [0, 0.1) is 13.8 Å². The van der Waals surface area contributed by atoms with Crippen molar-refractivity contribution in [1.82, 2.24) is 14.7 Å². The van der Waals surface area contributed by atoms with Crippen molar-refractivity contribution >= 4 is 39.1 Å². The van der Waals surface area contributed by atoms with Crippen molar-refractivity contribution in [3.8, 4) is 22.8 Å². The number of amides is 1. The quantitative estimate of drug-likeness (QED) is 0.394. The first kappa shape index (κ1) is 22.0. The molecular formula is C23H18BrClN4O3. The molecule has 7 nitrogen and oxygen atoms in total. The molecule has 0 fully saturated rings. The van der Waals surface area contributed by atoms with E-state index in [2.05, 4.69) is 31.4 Å². The summed E-state index contributed by atoms with van der Waals surface area (Å²) in [6.07, 6.45) is 0. The first-order valence-electron chi connectivity index (χ1n) is 9.68. The SMILES string of the molecule is Cc1cc(C)n(CC(=O)Nc2ccc(Cl)cc2)c(=O)c1-c1nc(-c2ccc(Br)cc2)no1. The van der Waals surface area contributed by atoms with Gasteiger partial charge in [-0.3, -0.25) is 9.59 Å². The minimum Gasteiger partial charge on any atom is -0.333 e. The number of rotatable bonds is 5. The minimum absolute atomic E-state index is 0.109. The molecule has 32 heavy (non-hydrogen) atoms. The summed E-state index contributed by atoms with van der Waals surface area (Å²) in [4.78, 5) is 30.2. The molecule has 2 heterocycles. The fourth-order valence-electron chi connectivity index (χ4n) is 3.30. The van der Waals surface area contributed by atoms with Crippen LogP contribution in [0.4, 0.5) is 5.69 Å². The summed E-state index contributed by atoms with van der Waals surface area (Å²) >= 11 is 9.27. The summed E-state index contributed by atoms with van der Waals surface area (Å²) in [6.45, 7) is 3.41. The van der Waals surface area contributed by atoms with Gasteiger partial charge in [0.15, 0.2) is 0 Å². The van der Waals surface area contributed by atoms with E-state index in [0.717, 1.165) is 10.0 Å². The Hall–Kier alpha value is -3.23. The molecule has 2 aromatic carbocycles. The maximum absolute atomic E-state index is 13.3. The van der Waals surface area contributed by atoms with Gasteiger partial charge >= 0.3 is 0 Å². The molecule has 0 bridgehead atoms. The highest BCUT2D eigenvalue weighted by molar-refractivity contribution is 9.10. The van der Waals surface area contributed by atoms with Gasteiger partial charge in [0.25, 0.3) is 11.4 Å². The summed E-state index contributed by atoms with van der Waals surface area (Å²) in [6, 6.07) is 16.0. The largest absolute Gasteiger partial charge is 0.333 e. The second kappa shape index (κ2) is 9.10. The first-order valence-corrected chi connectivity index (χ1v) is 10.9. The van der Waals surface area contributed by atoms with Gasteiger partial charge in [0, 0.05) is 26.4 Å². The number of hydrogen-bond donors (Lipinski definition) is 1. The van der Waals surface area contributed by atoms with Crippen molar-refractivity contribution in [1.29, 1.82) is 0 Å². The molecule has 0 aliphatic carbocycles. The van der Waals surface area contributed by atoms with Crippen LogP contribution in [-0.2, 0) is 11.3 Å². The maximum atomic E-state index is 13.3. The molecule has 0 radical (unpaired) electrons. The molecule has 0 aliphatic heterocycles. The van der Waals surface area contributed by atoms with Gasteiger partial charge in [-0.05, 0) is 74.0 Å². The lowest BCUT2D eigenvalue weighted by atomic mass is 10.1. The monoisotopic (exact) mass is 512 g/mol. The average Bonchev–Trinajstić information content (AvgIpc) is 3.23. The van der Waals surface area contributed by atoms with Gasteiger partial charge in [0.2, 0.25) is 11.7 Å². The third kappa shape index (κ3) is 4.66. The van der Waals surface area contributed by atoms with E-state index < -0.39 is 0 Å². The van der Waals surface area contributed by atoms with Crippen molar-refractivity contribution in [3.05, 3.63) is 85.7 Å². The van der Waals surface area contributed by atoms with Crippen molar-refractivity contribution in [2.75, 3.05) is 5.32 Å². The van der Waals surface area contributed by atoms with E-state index in [-0.39, 0.29) is 29.5 Å². The maximum Gasteiger partial charge on any atom is 0.264 e. The Morgan fingerprint density at radius 3 is 2.50 bits per heavy atom. The lowest BCUT2D eigenvalue weighted by Gasteiger charge is -2.13. The Morgan fingerprint density at radius 1 is 1.12 bits per heavy atom. The number of carbonyl (C=O) groups is 1. The Kier molecular flexibility index (Phi) is 6.25. The lowest BCUT2D eigenvalue weighted by Crippen LogP contribution is -2.30. The van der Waals surface area contributed by atoms with Crippen LogP contribution in [0.5, 0.6) is 0 Å². The zero-order valence-electron chi connectivity index (χ0n) is 17.2. The van der Waals surface area contributed by atoms with E-state index in [4.69, 9.17) is 16.1 Å². The van der Waals surface area contributed by atoms with Crippen LogP contribution in [0.1, 0.15) is 11.3 Å². The van der Waals surface area contributed by atoms with Crippen LogP contribution in [0.3, 0.4) is 0 Å². The number of anilines is 1. The summed E-state index contributed by atoms with van der Waals surface area (Å²) in [5.74, 6) is 0.143. The lowest BCUT2D eigenvalue weighted by molar-refractivity contribution is -0.116. The third-order valence-corrected chi connectivity index (χ3v) is 5.66. The Labute approximate surface area is 197 Å². The van der Waals surface area contributed by atoms with Crippen LogP contribution in [0.2, 0.25) is 5.02 Å². The topological polar surface area (TPSA) is 90.0 Å². The van der Waals surface area contributed by atoms with E-state index in [0.29, 0.717) is 27.8 Å². The number of aryl methyl sites for hydroxylation is 2. The zero-order chi connectivity index (χ0) is 22.8. The molecule has 0 unspecified atom stereocenters. The number of nitrogens with one attached hydrogen (secondary N) is 1. The normalized spacial score (nSPS) is 10.9. The van der Waals surface area contributed by atoms with Crippen molar-refractivity contribution < 1.29 is 9.32 Å². The van der Waals surface area contributed by atoms with Gasteiger partial charge in [-0.2, -0.15) is 4.98 Å². The Balaban J connectivity index is 1.64. The van der Waals surface area contributed by atoms with E-state index in [1.807, 2.05) is 30.3 Å². The predicted octanol–water partition coefficient (Wildman–Crippen LogP) is 5.24. The molecule has 0 atom stereocenters. The highest BCUT2D eigenvalue weighted by Gasteiger charge is 2.20. The molecular weight excluding hydrogens is 496 g/mol. The van der Waals surface area contributed by atoms with Crippen LogP contribution < -0.4 is 10.9 Å². The highest BCUT2D eigenvalue weighted by atomic mass is 79.9. The number of carbonyl (C=O) groups excluding carboxylic acids is 1. The van der Waals surface area contributed by atoms with Crippen molar-refractivity contribution in [2.24, 2.45) is 0 Å². The van der Waals surface area contributed by atoms with Crippen LogP contribution in [-0.4, -0.2) is 20.6 Å². The number of halogens is 2. The smallest absolute Gasteiger partial charge is 0.264 e. The van der Waals surface area contributed by atoms with Crippen molar-refractivity contribution in [2.45, 2.75) is 20.4 Å². The van der Waals surface area contributed by atoms with Gasteiger partial charge in [-0.15, -0.1) is 0 Å². The Morgan fingerprint density at radius 2 is 1.81 bits per heavy atom. The Bertz CT molecular complexity index is 1350. The number of benzene rings is 2. The van der Waals surface area contributed by atoms with E-state index in [9.17, 15) is 9.59 Å². The first-order chi connectivity index (χ1) is 15.3. The second-order valence-electron chi connectivity index (χ2n) is 7.22. The van der Waals surface area contributed by atoms with Crippen molar-refractivity contribution in [3.63, 3.8) is 0 Å². The van der Waals surface area contributed by atoms with E-state index >= 15 is 0 Å². The molecule has 1 N–H and O–H groups in total. The third-order valence-electron chi connectivity index (χ3n) is 4.88. The summed E-state index contributed by atoms with van der Waals surface area (Å²) in [5, 5.41) is 7.34. The second-order valence-corrected chi connectivity index (χ2v) is 8.57. The fourth-order valence-corrected chi connectivity index (χ4v) is 3.69. The van der Waals surface area contributed by atoms with Gasteiger partial charge in [0.1, 0.15) is 12.1 Å². The van der Waals surface area contributed by atoms with E-state index in [1.54, 1.807) is 38.1 Å². The minimum atomic E-state index is -0.375. The molecule has 0 saturated carbocycles. The van der Waals surface area contributed by atoms with Gasteiger partial charge < -0.3 is 14.4 Å². The molecule has 0 saturated heterocycles. The van der Waals surface area contributed by atoms with Crippen LogP contribution in [0.15, 0.2) is 68.4 Å². The molecule has 4 aromatic rings. The summed E-state index contributed by atoms with van der Waals surface area (Å²) in [7, 11) is 0. The molecule has 2 aromatic heterocycles. The zero-order valence-corrected chi connectivity index (χ0v) is 19.6. The molecule has 9 heteroatoms. The van der Waals surface area contributed by atoms with E-state index in [1.165, 1.54) is 4.57 Å². The summed E-state index contributed by atoms with van der Waals surface area (Å²) < 4.78 is 7.72. The van der Waals surface area contributed by atoms with Crippen LogP contribution >= 0.6 is 27.5 Å². The molecule has 1 amide bonds. The summed E-state index contributed by atoms with van der Waals surface area (Å²) in [5.41, 5.74) is 2.58. The molecule has 162 valence electrons. The molecule has 0 aliphatic rings. The van der Waals surface area contributed by atoms with Gasteiger partial charge in [-0.25, -0.2) is 0 Å². The van der Waals surface area contributed by atoms with Gasteiger partial charge in [-0.1, -0.05) is 32.7 Å². The number of nitrogens with zero attached hydrogens (tertiary/aromatic N) is 3. The number of aromatic nitrogens is 3. The average molecular weight is 514 g/mol. The molecule has 4 rings (SSSR count). The standard InChI is InChI=1S/C23H18BrClN4O3/c1-13-11-14(2)29(12-19(30)26-18-9-7-17(25)8-10-18)23(31)20(13)22-27-21(28-32-22)15-3-5-16(24)6-4-15/h3-11H,12H2,1-2H3,(H,26,30). The highest BCUT2D eigenvalue weighted by Crippen LogP contribution is 2.24. The predicted molar refractivity (Wildman–Crippen MR) is 127 cm³/mol. The van der Waals surface area contributed by atoms with Crippen LogP contribution in [0.25, 0.3) is 22.8 Å². The number of pyridine rings is 1. The van der Waals surface area contributed by atoms with Gasteiger partial charge in [0.05, 0.1) is 0 Å².